The second-order valence-corrected chi connectivity index (χ2v) is 8.48. The first kappa shape index (κ1) is 19.0. The van der Waals surface area contributed by atoms with E-state index in [2.05, 4.69) is 27.4 Å². The number of imidazole rings is 1. The molecule has 7 heteroatoms. The summed E-state index contributed by atoms with van der Waals surface area (Å²) in [5.74, 6) is 0.0615. The average molecular weight is 418 g/mol. The molecule has 1 aromatic carbocycles. The third-order valence-corrected chi connectivity index (χ3v) is 6.38. The highest BCUT2D eigenvalue weighted by Crippen LogP contribution is 2.23. The molecule has 3 aromatic heterocycles. The van der Waals surface area contributed by atoms with E-state index in [1.807, 2.05) is 58.8 Å². The van der Waals surface area contributed by atoms with Crippen LogP contribution in [0.4, 0.5) is 0 Å². The summed E-state index contributed by atoms with van der Waals surface area (Å²) in [6.07, 6.45) is 1.91. The first-order valence-corrected chi connectivity index (χ1v) is 11.0. The summed E-state index contributed by atoms with van der Waals surface area (Å²) in [6.45, 7) is 5.87. The second kappa shape index (κ2) is 8.01. The van der Waals surface area contributed by atoms with Gasteiger partial charge in [-0.2, -0.15) is 0 Å². The molecule has 1 saturated heterocycles. The maximum atomic E-state index is 13.2. The molecule has 0 N–H and O–H groups in total. The lowest BCUT2D eigenvalue weighted by atomic mass is 10.2. The maximum absolute atomic E-state index is 13.2. The standard InChI is InChI=1S/C23H23N5OS/c1-17-22(28-10-6-5-9-20(28)24-17)23(29)27-13-11-26(12-14-27)15-21-25-19(16-30-21)18-7-3-2-4-8-18/h2-10,16H,11-15H2,1H3. The Balaban J connectivity index is 1.23. The lowest BCUT2D eigenvalue weighted by Crippen LogP contribution is -2.48. The smallest absolute Gasteiger partial charge is 0.272 e. The summed E-state index contributed by atoms with van der Waals surface area (Å²) in [4.78, 5) is 26.8. The van der Waals surface area contributed by atoms with E-state index in [9.17, 15) is 4.79 Å². The molecule has 0 bridgehead atoms. The van der Waals surface area contributed by atoms with Gasteiger partial charge in [0.25, 0.3) is 5.91 Å². The SMILES string of the molecule is Cc1nc2ccccn2c1C(=O)N1CCN(Cc2nc(-c3ccccc3)cs2)CC1. The van der Waals surface area contributed by atoms with Crippen LogP contribution < -0.4 is 0 Å². The number of amides is 1. The van der Waals surface area contributed by atoms with Gasteiger partial charge in [-0.1, -0.05) is 36.4 Å². The third-order valence-electron chi connectivity index (χ3n) is 5.55. The second-order valence-electron chi connectivity index (χ2n) is 7.54. The Morgan fingerprint density at radius 1 is 1.00 bits per heavy atom. The molecule has 0 saturated carbocycles. The fraction of sp³-hybridized carbons (Fsp3) is 0.261. The number of carbonyl (C=O) groups excluding carboxylic acids is 1. The highest BCUT2D eigenvalue weighted by atomic mass is 32.1. The van der Waals surface area contributed by atoms with Crippen LogP contribution in [0.1, 0.15) is 21.2 Å². The van der Waals surface area contributed by atoms with Crippen molar-refractivity contribution in [3.8, 4) is 11.3 Å². The number of aromatic nitrogens is 3. The zero-order valence-electron chi connectivity index (χ0n) is 16.9. The van der Waals surface area contributed by atoms with Crippen molar-refractivity contribution in [2.75, 3.05) is 26.2 Å². The minimum atomic E-state index is 0.0615. The predicted molar refractivity (Wildman–Crippen MR) is 119 cm³/mol. The molecule has 5 rings (SSSR count). The van der Waals surface area contributed by atoms with Crippen molar-refractivity contribution >= 4 is 22.9 Å². The van der Waals surface area contributed by atoms with Crippen molar-refractivity contribution in [2.45, 2.75) is 13.5 Å². The van der Waals surface area contributed by atoms with E-state index in [1.54, 1.807) is 11.3 Å². The van der Waals surface area contributed by atoms with Crippen molar-refractivity contribution < 1.29 is 4.79 Å². The van der Waals surface area contributed by atoms with E-state index in [-0.39, 0.29) is 5.91 Å². The molecule has 4 heterocycles. The number of hydrogen-bond donors (Lipinski definition) is 0. The topological polar surface area (TPSA) is 53.7 Å². The minimum Gasteiger partial charge on any atom is -0.335 e. The number of pyridine rings is 1. The Morgan fingerprint density at radius 2 is 1.77 bits per heavy atom. The number of carbonyl (C=O) groups is 1. The molecule has 1 fully saturated rings. The number of hydrogen-bond acceptors (Lipinski definition) is 5. The molecule has 30 heavy (non-hydrogen) atoms. The van der Waals surface area contributed by atoms with Gasteiger partial charge in [0.05, 0.1) is 17.9 Å². The quantitative estimate of drug-likeness (QED) is 0.508. The van der Waals surface area contributed by atoms with Crippen molar-refractivity contribution in [2.24, 2.45) is 0 Å². The summed E-state index contributed by atoms with van der Waals surface area (Å²) >= 11 is 1.70. The lowest BCUT2D eigenvalue weighted by molar-refractivity contribution is 0.0621. The van der Waals surface area contributed by atoms with Crippen LogP contribution in [0.3, 0.4) is 0 Å². The van der Waals surface area contributed by atoms with E-state index in [1.165, 1.54) is 0 Å². The number of fused-ring (bicyclic) bond motifs is 1. The van der Waals surface area contributed by atoms with E-state index < -0.39 is 0 Å². The Morgan fingerprint density at radius 3 is 2.57 bits per heavy atom. The molecule has 0 unspecified atom stereocenters. The van der Waals surface area contributed by atoms with E-state index >= 15 is 0 Å². The van der Waals surface area contributed by atoms with Gasteiger partial charge in [-0.3, -0.25) is 14.1 Å². The molecule has 0 spiro atoms. The first-order valence-electron chi connectivity index (χ1n) is 10.1. The van der Waals surface area contributed by atoms with Gasteiger partial charge in [-0.15, -0.1) is 11.3 Å². The molecule has 1 aliphatic rings. The Bertz CT molecular complexity index is 1170. The van der Waals surface area contributed by atoms with Gasteiger partial charge >= 0.3 is 0 Å². The van der Waals surface area contributed by atoms with Crippen LogP contribution in [-0.2, 0) is 6.54 Å². The summed E-state index contributed by atoms with van der Waals surface area (Å²) in [7, 11) is 0. The fourth-order valence-electron chi connectivity index (χ4n) is 3.95. The van der Waals surface area contributed by atoms with Crippen molar-refractivity contribution in [1.29, 1.82) is 0 Å². The Kier molecular flexibility index (Phi) is 5.06. The zero-order chi connectivity index (χ0) is 20.5. The van der Waals surface area contributed by atoms with Crippen LogP contribution in [0.25, 0.3) is 16.9 Å². The monoisotopic (exact) mass is 417 g/mol. The molecule has 0 radical (unpaired) electrons. The summed E-state index contributed by atoms with van der Waals surface area (Å²) in [6, 6.07) is 16.1. The molecule has 0 aliphatic carbocycles. The lowest BCUT2D eigenvalue weighted by Gasteiger charge is -2.34. The first-order chi connectivity index (χ1) is 14.7. The average Bonchev–Trinajstić information content (AvgIpc) is 3.38. The predicted octanol–water partition coefficient (Wildman–Crippen LogP) is 3.72. The van der Waals surface area contributed by atoms with E-state index in [0.29, 0.717) is 5.69 Å². The van der Waals surface area contributed by atoms with Crippen molar-refractivity contribution in [3.05, 3.63) is 76.5 Å². The third kappa shape index (κ3) is 3.62. The number of piperazine rings is 1. The van der Waals surface area contributed by atoms with Gasteiger partial charge in [0, 0.05) is 43.3 Å². The van der Waals surface area contributed by atoms with Gasteiger partial charge in [0.15, 0.2) is 0 Å². The van der Waals surface area contributed by atoms with Crippen molar-refractivity contribution in [1.82, 2.24) is 24.2 Å². The molecular formula is C23H23N5OS. The van der Waals surface area contributed by atoms with Crippen LogP contribution in [-0.4, -0.2) is 56.3 Å². The van der Waals surface area contributed by atoms with Crippen LogP contribution >= 0.6 is 11.3 Å². The molecule has 1 amide bonds. The number of aryl methyl sites for hydroxylation is 1. The van der Waals surface area contributed by atoms with Gasteiger partial charge in [0.2, 0.25) is 0 Å². The molecule has 0 atom stereocenters. The molecule has 152 valence electrons. The van der Waals surface area contributed by atoms with Gasteiger partial charge in [-0.25, -0.2) is 9.97 Å². The van der Waals surface area contributed by atoms with Gasteiger partial charge < -0.3 is 4.90 Å². The largest absolute Gasteiger partial charge is 0.335 e. The summed E-state index contributed by atoms with van der Waals surface area (Å²) in [5.41, 5.74) is 4.46. The number of benzene rings is 1. The molecule has 4 aromatic rings. The number of thiazole rings is 1. The molecule has 6 nitrogen and oxygen atoms in total. The van der Waals surface area contributed by atoms with E-state index in [4.69, 9.17) is 4.98 Å². The fourth-order valence-corrected chi connectivity index (χ4v) is 4.79. The highest BCUT2D eigenvalue weighted by molar-refractivity contribution is 7.09. The Labute approximate surface area is 179 Å². The van der Waals surface area contributed by atoms with E-state index in [0.717, 1.165) is 60.3 Å². The highest BCUT2D eigenvalue weighted by Gasteiger charge is 2.26. The molecule has 1 aliphatic heterocycles. The van der Waals surface area contributed by atoms with Crippen molar-refractivity contribution in [3.63, 3.8) is 0 Å². The summed E-state index contributed by atoms with van der Waals surface area (Å²) < 4.78 is 1.89. The minimum absolute atomic E-state index is 0.0615. The normalized spacial score (nSPS) is 15.0. The number of nitrogens with zero attached hydrogens (tertiary/aromatic N) is 5. The number of rotatable bonds is 4. The van der Waals surface area contributed by atoms with Crippen LogP contribution in [0.15, 0.2) is 60.1 Å². The maximum Gasteiger partial charge on any atom is 0.272 e. The van der Waals surface area contributed by atoms with Crippen LogP contribution in [0.2, 0.25) is 0 Å². The molecular weight excluding hydrogens is 394 g/mol. The van der Waals surface area contributed by atoms with Gasteiger partial charge in [0.1, 0.15) is 16.3 Å². The van der Waals surface area contributed by atoms with Crippen LogP contribution in [0, 0.1) is 6.92 Å². The van der Waals surface area contributed by atoms with Gasteiger partial charge in [-0.05, 0) is 19.1 Å². The zero-order valence-corrected chi connectivity index (χ0v) is 17.7. The van der Waals surface area contributed by atoms with Crippen LogP contribution in [0.5, 0.6) is 0 Å². The summed E-state index contributed by atoms with van der Waals surface area (Å²) in [5, 5.41) is 3.24. The Hall–Kier alpha value is -3.03.